The molecule has 0 aliphatic heterocycles. The van der Waals surface area contributed by atoms with Crippen LogP contribution in [0.5, 0.6) is 5.75 Å². The van der Waals surface area contributed by atoms with E-state index in [-0.39, 0.29) is 43.7 Å². The van der Waals surface area contributed by atoms with E-state index in [0.29, 0.717) is 23.0 Å². The molecular formula is C26H36ClN3O5S. The summed E-state index contributed by atoms with van der Waals surface area (Å²) in [6.07, 6.45) is 1.50. The van der Waals surface area contributed by atoms with Gasteiger partial charge >= 0.3 is 0 Å². The Bertz CT molecular complexity index is 1110. The lowest BCUT2D eigenvalue weighted by molar-refractivity contribution is -0.140. The summed E-state index contributed by atoms with van der Waals surface area (Å²) in [7, 11) is -2.03. The first-order valence-corrected chi connectivity index (χ1v) is 14.1. The van der Waals surface area contributed by atoms with Crippen molar-refractivity contribution < 1.29 is 22.7 Å². The summed E-state index contributed by atoms with van der Waals surface area (Å²) >= 11 is 5.99. The Kier molecular flexibility index (Phi) is 11.0. The van der Waals surface area contributed by atoms with E-state index in [1.807, 2.05) is 26.0 Å². The normalized spacial score (nSPS) is 12.2. The first-order valence-electron chi connectivity index (χ1n) is 11.9. The highest BCUT2D eigenvalue weighted by Gasteiger charge is 2.26. The van der Waals surface area contributed by atoms with Gasteiger partial charge in [0.15, 0.2) is 0 Å². The third-order valence-electron chi connectivity index (χ3n) is 5.63. The van der Waals surface area contributed by atoms with Gasteiger partial charge in [0.25, 0.3) is 0 Å². The molecule has 36 heavy (non-hydrogen) atoms. The zero-order valence-electron chi connectivity index (χ0n) is 21.5. The maximum atomic E-state index is 13.3. The number of sulfonamides is 1. The molecule has 198 valence electrons. The number of carbonyl (C=O) groups is 2. The van der Waals surface area contributed by atoms with Crippen molar-refractivity contribution in [1.29, 1.82) is 0 Å². The maximum Gasteiger partial charge on any atom is 0.242 e. The Labute approximate surface area is 219 Å². The molecule has 0 saturated carbocycles. The fourth-order valence-electron chi connectivity index (χ4n) is 3.57. The van der Waals surface area contributed by atoms with E-state index >= 15 is 0 Å². The smallest absolute Gasteiger partial charge is 0.242 e. The lowest BCUT2D eigenvalue weighted by Gasteiger charge is -2.29. The summed E-state index contributed by atoms with van der Waals surface area (Å²) < 4.78 is 31.3. The molecule has 0 saturated heterocycles. The number of ether oxygens (including phenoxy) is 1. The lowest BCUT2D eigenvalue weighted by Crippen LogP contribution is -2.48. The molecule has 0 spiro atoms. The van der Waals surface area contributed by atoms with Crippen LogP contribution in [0, 0.1) is 5.92 Å². The van der Waals surface area contributed by atoms with Crippen LogP contribution >= 0.6 is 11.6 Å². The third-order valence-corrected chi connectivity index (χ3v) is 7.08. The van der Waals surface area contributed by atoms with Crippen molar-refractivity contribution in [2.24, 2.45) is 5.92 Å². The second kappa shape index (κ2) is 13.5. The number of halogens is 1. The summed E-state index contributed by atoms with van der Waals surface area (Å²) in [6, 6.07) is 13.1. The molecule has 2 rings (SSSR count). The number of nitrogens with one attached hydrogen (secondary N) is 1. The van der Waals surface area contributed by atoms with Crippen molar-refractivity contribution in [3.63, 3.8) is 0 Å². The van der Waals surface area contributed by atoms with Crippen LogP contribution in [-0.4, -0.2) is 57.6 Å². The molecule has 0 aliphatic carbocycles. The van der Waals surface area contributed by atoms with E-state index < -0.39 is 16.1 Å². The van der Waals surface area contributed by atoms with Crippen molar-refractivity contribution in [1.82, 2.24) is 10.2 Å². The molecule has 0 aromatic heterocycles. The molecule has 2 amide bonds. The van der Waals surface area contributed by atoms with Gasteiger partial charge in [0.2, 0.25) is 21.8 Å². The first kappa shape index (κ1) is 29.5. The van der Waals surface area contributed by atoms with E-state index in [4.69, 9.17) is 16.3 Å². The Morgan fingerprint density at radius 2 is 1.64 bits per heavy atom. The maximum absolute atomic E-state index is 13.3. The van der Waals surface area contributed by atoms with Crippen LogP contribution in [0.1, 0.15) is 39.2 Å². The topological polar surface area (TPSA) is 96.0 Å². The molecule has 1 atom stereocenters. The van der Waals surface area contributed by atoms with Crippen LogP contribution in [0.2, 0.25) is 5.02 Å². The molecule has 0 heterocycles. The molecule has 0 radical (unpaired) electrons. The first-order chi connectivity index (χ1) is 16.9. The minimum Gasteiger partial charge on any atom is -0.497 e. The van der Waals surface area contributed by atoms with Gasteiger partial charge in [-0.05, 0) is 61.2 Å². The van der Waals surface area contributed by atoms with Crippen molar-refractivity contribution >= 4 is 39.1 Å². The van der Waals surface area contributed by atoms with Crippen LogP contribution < -0.4 is 14.4 Å². The standard InChI is InChI=1S/C26H36ClN3O5S/c1-19(2)17-28-26(32)20(3)29(18-21-8-10-22(27)11-9-21)25(31)7-6-16-30(36(5,33)34)23-12-14-24(35-4)15-13-23/h8-15,19-20H,6-7,16-18H2,1-5H3,(H,28,32). The van der Waals surface area contributed by atoms with Gasteiger partial charge in [0, 0.05) is 31.1 Å². The molecule has 8 nitrogen and oxygen atoms in total. The zero-order valence-corrected chi connectivity index (χ0v) is 23.1. The minimum atomic E-state index is -3.56. The van der Waals surface area contributed by atoms with Crippen LogP contribution in [0.15, 0.2) is 48.5 Å². The number of nitrogens with zero attached hydrogens (tertiary/aromatic N) is 2. The van der Waals surface area contributed by atoms with E-state index in [1.54, 1.807) is 43.3 Å². The number of anilines is 1. The molecule has 0 aliphatic rings. The number of methoxy groups -OCH3 is 1. The number of hydrogen-bond donors (Lipinski definition) is 1. The van der Waals surface area contributed by atoms with E-state index in [2.05, 4.69) is 5.32 Å². The quantitative estimate of drug-likeness (QED) is 0.415. The molecule has 1 unspecified atom stereocenters. The van der Waals surface area contributed by atoms with Gasteiger partial charge in [-0.25, -0.2) is 8.42 Å². The van der Waals surface area contributed by atoms with Gasteiger partial charge in [-0.15, -0.1) is 0 Å². The minimum absolute atomic E-state index is 0.0809. The summed E-state index contributed by atoms with van der Waals surface area (Å²) in [5, 5.41) is 3.47. The highest BCUT2D eigenvalue weighted by Crippen LogP contribution is 2.22. The van der Waals surface area contributed by atoms with E-state index in [9.17, 15) is 18.0 Å². The van der Waals surface area contributed by atoms with Crippen molar-refractivity contribution in [2.75, 3.05) is 30.8 Å². The Hall–Kier alpha value is -2.78. The van der Waals surface area contributed by atoms with Crippen LogP contribution in [0.3, 0.4) is 0 Å². The van der Waals surface area contributed by atoms with Gasteiger partial charge < -0.3 is 15.0 Å². The highest BCUT2D eigenvalue weighted by molar-refractivity contribution is 7.92. The number of benzene rings is 2. The summed E-state index contributed by atoms with van der Waals surface area (Å²) in [4.78, 5) is 27.6. The molecule has 1 N–H and O–H groups in total. The Morgan fingerprint density at radius 1 is 1.03 bits per heavy atom. The summed E-state index contributed by atoms with van der Waals surface area (Å²) in [5.41, 5.74) is 1.33. The van der Waals surface area contributed by atoms with Crippen molar-refractivity contribution in [3.8, 4) is 5.75 Å². The summed E-state index contributed by atoms with van der Waals surface area (Å²) in [5.74, 6) is 0.425. The summed E-state index contributed by atoms with van der Waals surface area (Å²) in [6.45, 7) is 6.57. The Balaban J connectivity index is 2.14. The van der Waals surface area contributed by atoms with E-state index in [1.165, 1.54) is 16.3 Å². The highest BCUT2D eigenvalue weighted by atomic mass is 35.5. The third kappa shape index (κ3) is 9.02. The molecule has 2 aromatic carbocycles. The number of amides is 2. The average molecular weight is 538 g/mol. The van der Waals surface area contributed by atoms with Gasteiger partial charge in [0.1, 0.15) is 11.8 Å². The largest absolute Gasteiger partial charge is 0.497 e. The van der Waals surface area contributed by atoms with Gasteiger partial charge in [0.05, 0.1) is 19.1 Å². The fourth-order valence-corrected chi connectivity index (χ4v) is 4.67. The SMILES string of the molecule is COc1ccc(N(CCCC(=O)N(Cc2ccc(Cl)cc2)C(C)C(=O)NCC(C)C)S(C)(=O)=O)cc1. The lowest BCUT2D eigenvalue weighted by atomic mass is 10.1. The average Bonchev–Trinajstić information content (AvgIpc) is 2.83. The zero-order chi connectivity index (χ0) is 26.9. The second-order valence-corrected chi connectivity index (χ2v) is 11.4. The molecule has 0 fully saturated rings. The monoisotopic (exact) mass is 537 g/mol. The number of carbonyl (C=O) groups excluding carboxylic acids is 2. The predicted octanol–water partition coefficient (Wildman–Crippen LogP) is 4.08. The van der Waals surface area contributed by atoms with Crippen LogP contribution in [0.25, 0.3) is 0 Å². The van der Waals surface area contributed by atoms with Crippen molar-refractivity contribution in [3.05, 3.63) is 59.1 Å². The van der Waals surface area contributed by atoms with Gasteiger partial charge in [-0.1, -0.05) is 37.6 Å². The fraction of sp³-hybridized carbons (Fsp3) is 0.462. The van der Waals surface area contributed by atoms with E-state index in [0.717, 1.165) is 11.8 Å². The molecule has 2 aromatic rings. The predicted molar refractivity (Wildman–Crippen MR) is 144 cm³/mol. The molecule has 0 bridgehead atoms. The van der Waals surface area contributed by atoms with Crippen molar-refractivity contribution in [2.45, 2.75) is 46.2 Å². The van der Waals surface area contributed by atoms with Gasteiger partial charge in [-0.3, -0.25) is 13.9 Å². The van der Waals surface area contributed by atoms with Crippen LogP contribution in [0.4, 0.5) is 5.69 Å². The number of rotatable bonds is 13. The second-order valence-electron chi connectivity index (χ2n) is 9.10. The molecular weight excluding hydrogens is 502 g/mol. The Morgan fingerprint density at radius 3 is 2.17 bits per heavy atom. The van der Waals surface area contributed by atoms with Crippen LogP contribution in [-0.2, 0) is 26.2 Å². The van der Waals surface area contributed by atoms with Gasteiger partial charge in [-0.2, -0.15) is 0 Å². The number of hydrogen-bond acceptors (Lipinski definition) is 5. The molecule has 10 heteroatoms.